The summed E-state index contributed by atoms with van der Waals surface area (Å²) in [4.78, 5) is 27.5. The fraction of sp³-hybridized carbons (Fsp3) is 0.400. The second-order valence-electron chi connectivity index (χ2n) is 3.09. The summed E-state index contributed by atoms with van der Waals surface area (Å²) in [7, 11) is 1.41. The molecule has 8 nitrogen and oxygen atoms in total. The molecule has 1 N–H and O–H groups in total. The molecular formula is C10H14BrN3O5. The van der Waals surface area contributed by atoms with Gasteiger partial charge < -0.3 is 14.7 Å². The molecule has 0 saturated heterocycles. The average molecular weight is 336 g/mol. The first-order chi connectivity index (χ1) is 9.06. The Morgan fingerprint density at radius 1 is 1.42 bits per heavy atom. The maximum atomic E-state index is 11.1. The molecule has 106 valence electrons. The Kier molecular flexibility index (Phi) is 10.1. The van der Waals surface area contributed by atoms with Gasteiger partial charge in [0.25, 0.3) is 6.79 Å². The van der Waals surface area contributed by atoms with Gasteiger partial charge in [-0.25, -0.2) is 4.79 Å². The highest BCUT2D eigenvalue weighted by Gasteiger charge is 2.00. The van der Waals surface area contributed by atoms with Crippen LogP contribution in [-0.4, -0.2) is 42.4 Å². The number of allylic oxidation sites excluding steroid dienone is 2. The minimum absolute atomic E-state index is 0.309. The number of carboxylic acids is 1. The van der Waals surface area contributed by atoms with Crippen molar-refractivity contribution in [2.75, 3.05) is 20.4 Å². The van der Waals surface area contributed by atoms with E-state index in [4.69, 9.17) is 5.11 Å². The molecular weight excluding hydrogens is 322 g/mol. The van der Waals surface area contributed by atoms with Crippen LogP contribution in [0.15, 0.2) is 33.7 Å². The summed E-state index contributed by atoms with van der Waals surface area (Å²) in [5, 5.41) is 16.0. The van der Waals surface area contributed by atoms with Crippen molar-refractivity contribution >= 4 is 27.9 Å². The van der Waals surface area contributed by atoms with Crippen LogP contribution in [0.25, 0.3) is 0 Å². The number of likely N-dealkylation sites (N-methyl/N-ethyl adjacent to an activating group) is 1. The zero-order chi connectivity index (χ0) is 14.5. The van der Waals surface area contributed by atoms with E-state index < -0.39 is 18.7 Å². The van der Waals surface area contributed by atoms with E-state index in [1.165, 1.54) is 13.1 Å². The van der Waals surface area contributed by atoms with Crippen molar-refractivity contribution < 1.29 is 24.3 Å². The molecule has 0 aromatic carbocycles. The van der Waals surface area contributed by atoms with E-state index in [2.05, 4.69) is 36.0 Å². The number of aliphatic carboxylic acids is 1. The van der Waals surface area contributed by atoms with E-state index in [1.807, 2.05) is 0 Å². The summed E-state index contributed by atoms with van der Waals surface area (Å²) in [6.45, 7) is -0.710. The Morgan fingerprint density at radius 2 is 2.16 bits per heavy atom. The zero-order valence-electron chi connectivity index (χ0n) is 10.2. The van der Waals surface area contributed by atoms with Gasteiger partial charge >= 0.3 is 11.9 Å². The van der Waals surface area contributed by atoms with Gasteiger partial charge in [0.2, 0.25) is 0 Å². The summed E-state index contributed by atoms with van der Waals surface area (Å²) in [5.41, 5.74) is 0. The van der Waals surface area contributed by atoms with Crippen molar-refractivity contribution in [1.29, 1.82) is 0 Å². The molecule has 9 heteroatoms. The van der Waals surface area contributed by atoms with E-state index >= 15 is 0 Å². The van der Waals surface area contributed by atoms with Gasteiger partial charge in [-0.1, -0.05) is 28.1 Å². The standard InChI is InChI=1S/C10H14BrN3O5/c1-14(7-9(15)16)12-13-19-8-18-10(17)5-3-2-4-6-11/h3-6H,2,7-8H2,1H3,(H,15,16). The third-order valence-corrected chi connectivity index (χ3v) is 1.85. The van der Waals surface area contributed by atoms with Crippen LogP contribution in [0.1, 0.15) is 6.42 Å². The number of hydrogen-bond acceptors (Lipinski definition) is 6. The Hall–Kier alpha value is -1.90. The second kappa shape index (κ2) is 11.2. The Balaban J connectivity index is 3.68. The largest absolute Gasteiger partial charge is 0.480 e. The Morgan fingerprint density at radius 3 is 2.79 bits per heavy atom. The first kappa shape index (κ1) is 17.1. The molecule has 0 amide bonds. The van der Waals surface area contributed by atoms with Gasteiger partial charge in [-0.3, -0.25) is 9.80 Å². The van der Waals surface area contributed by atoms with Crippen LogP contribution in [0.2, 0.25) is 0 Å². The molecule has 0 bridgehead atoms. The highest BCUT2D eigenvalue weighted by Crippen LogP contribution is 1.92. The normalized spacial score (nSPS) is 11.3. The second-order valence-corrected chi connectivity index (χ2v) is 3.62. The minimum atomic E-state index is -1.05. The lowest BCUT2D eigenvalue weighted by Gasteiger charge is -2.06. The number of esters is 1. The van der Waals surface area contributed by atoms with Gasteiger partial charge in [-0.2, -0.15) is 0 Å². The van der Waals surface area contributed by atoms with E-state index in [1.54, 1.807) is 17.1 Å². The number of ether oxygens (including phenoxy) is 1. The van der Waals surface area contributed by atoms with Gasteiger partial charge in [-0.05, 0) is 16.6 Å². The van der Waals surface area contributed by atoms with Crippen molar-refractivity contribution in [3.05, 3.63) is 23.2 Å². The lowest BCUT2D eigenvalue weighted by molar-refractivity contribution is -0.151. The summed E-state index contributed by atoms with van der Waals surface area (Å²) in [6, 6.07) is 0. The SMILES string of the molecule is CN(CC(=O)O)N=NOCOC(=O)C=CCC=CBr. The molecule has 0 saturated carbocycles. The van der Waals surface area contributed by atoms with Crippen LogP contribution in [-0.2, 0) is 19.2 Å². The van der Waals surface area contributed by atoms with Crippen LogP contribution >= 0.6 is 15.9 Å². The molecule has 0 unspecified atom stereocenters. The molecule has 0 aromatic rings. The van der Waals surface area contributed by atoms with Crippen molar-refractivity contribution in [2.24, 2.45) is 10.5 Å². The summed E-state index contributed by atoms with van der Waals surface area (Å²) < 4.78 is 4.61. The molecule has 0 atom stereocenters. The number of halogens is 1. The van der Waals surface area contributed by atoms with E-state index in [9.17, 15) is 9.59 Å². The van der Waals surface area contributed by atoms with Crippen LogP contribution < -0.4 is 0 Å². The number of carbonyl (C=O) groups is 2. The maximum absolute atomic E-state index is 11.1. The fourth-order valence-electron chi connectivity index (χ4n) is 0.766. The summed E-state index contributed by atoms with van der Waals surface area (Å²) >= 11 is 3.09. The molecule has 0 rings (SSSR count). The monoisotopic (exact) mass is 335 g/mol. The molecule has 0 spiro atoms. The first-order valence-electron chi connectivity index (χ1n) is 5.10. The van der Waals surface area contributed by atoms with Gasteiger partial charge in [0, 0.05) is 18.4 Å². The van der Waals surface area contributed by atoms with Crippen LogP contribution in [0.3, 0.4) is 0 Å². The molecule has 0 aliphatic rings. The lowest BCUT2D eigenvalue weighted by Crippen LogP contribution is -2.19. The summed E-state index contributed by atoms with van der Waals surface area (Å²) in [6.07, 6.45) is 5.26. The number of carboxylic acid groups (broad SMARTS) is 1. The maximum Gasteiger partial charge on any atom is 0.333 e. The quantitative estimate of drug-likeness (QED) is 0.172. The fourth-order valence-corrected chi connectivity index (χ4v) is 0.982. The van der Waals surface area contributed by atoms with Gasteiger partial charge in [0.05, 0.1) is 0 Å². The third kappa shape index (κ3) is 12.3. The third-order valence-electron chi connectivity index (χ3n) is 1.48. The summed E-state index contributed by atoms with van der Waals surface area (Å²) in [5.74, 6) is -1.62. The molecule has 19 heavy (non-hydrogen) atoms. The predicted molar refractivity (Wildman–Crippen MR) is 69.0 cm³/mol. The van der Waals surface area contributed by atoms with E-state index in [-0.39, 0.29) is 6.54 Å². The Bertz CT molecular complexity index is 370. The molecule has 0 aliphatic carbocycles. The topological polar surface area (TPSA) is 101 Å². The van der Waals surface area contributed by atoms with Crippen molar-refractivity contribution in [1.82, 2.24) is 5.01 Å². The average Bonchev–Trinajstić information content (AvgIpc) is 2.33. The number of carbonyl (C=O) groups excluding carboxylic acids is 1. The van der Waals surface area contributed by atoms with Crippen molar-refractivity contribution in [3.8, 4) is 0 Å². The van der Waals surface area contributed by atoms with Crippen molar-refractivity contribution in [2.45, 2.75) is 6.42 Å². The highest BCUT2D eigenvalue weighted by atomic mass is 79.9. The number of hydrogen-bond donors (Lipinski definition) is 1. The Labute approximate surface area is 118 Å². The molecule has 0 heterocycles. The molecule has 0 radical (unpaired) electrons. The number of nitrogens with zero attached hydrogens (tertiary/aromatic N) is 3. The van der Waals surface area contributed by atoms with Crippen LogP contribution in [0.5, 0.6) is 0 Å². The molecule has 0 aromatic heterocycles. The minimum Gasteiger partial charge on any atom is -0.480 e. The van der Waals surface area contributed by atoms with Gasteiger partial charge in [0.15, 0.2) is 0 Å². The van der Waals surface area contributed by atoms with E-state index in [0.717, 1.165) is 5.01 Å². The predicted octanol–water partition coefficient (Wildman–Crippen LogP) is 1.66. The zero-order valence-corrected chi connectivity index (χ0v) is 11.8. The smallest absolute Gasteiger partial charge is 0.333 e. The van der Waals surface area contributed by atoms with Crippen LogP contribution in [0, 0.1) is 0 Å². The van der Waals surface area contributed by atoms with E-state index in [0.29, 0.717) is 6.42 Å². The molecule has 0 fully saturated rings. The van der Waals surface area contributed by atoms with Crippen LogP contribution in [0.4, 0.5) is 0 Å². The van der Waals surface area contributed by atoms with Gasteiger partial charge in [-0.15, -0.1) is 0 Å². The lowest BCUT2D eigenvalue weighted by atomic mass is 10.4. The first-order valence-corrected chi connectivity index (χ1v) is 6.02. The van der Waals surface area contributed by atoms with Crippen molar-refractivity contribution in [3.63, 3.8) is 0 Å². The molecule has 0 aliphatic heterocycles. The highest BCUT2D eigenvalue weighted by molar-refractivity contribution is 9.11. The van der Waals surface area contributed by atoms with Gasteiger partial charge in [0.1, 0.15) is 6.54 Å². The number of rotatable bonds is 9.